The smallest absolute Gasteiger partial charge is 0.132 e. The van der Waals surface area contributed by atoms with Crippen molar-refractivity contribution in [2.75, 3.05) is 7.11 Å². The Balaban J connectivity index is 3.48. The van der Waals surface area contributed by atoms with Crippen LogP contribution in [0.4, 0.5) is 4.39 Å². The Labute approximate surface area is 96.8 Å². The Bertz CT molecular complexity index is 423. The normalized spacial score (nSPS) is 10.9. The minimum Gasteiger partial charge on any atom is -0.496 e. The van der Waals surface area contributed by atoms with Crippen LogP contribution in [0.15, 0.2) is 16.6 Å². The van der Waals surface area contributed by atoms with Crippen molar-refractivity contribution in [1.29, 1.82) is 5.26 Å². The average molecular weight is 272 g/mol. The van der Waals surface area contributed by atoms with Gasteiger partial charge >= 0.3 is 0 Å². The highest BCUT2D eigenvalue weighted by Crippen LogP contribution is 2.35. The van der Waals surface area contributed by atoms with Crippen molar-refractivity contribution in [3.8, 4) is 11.8 Å². The summed E-state index contributed by atoms with van der Waals surface area (Å²) in [4.78, 5) is 0. The lowest BCUT2D eigenvalue weighted by Gasteiger charge is -2.20. The van der Waals surface area contributed by atoms with Crippen molar-refractivity contribution in [2.45, 2.75) is 19.3 Å². The Hall–Kier alpha value is -1.08. The lowest BCUT2D eigenvalue weighted by atomic mass is 9.85. The highest BCUT2D eigenvalue weighted by molar-refractivity contribution is 9.10. The Morgan fingerprint density at radius 3 is 2.53 bits per heavy atom. The third-order valence-corrected chi connectivity index (χ3v) is 2.60. The van der Waals surface area contributed by atoms with Gasteiger partial charge in [0.15, 0.2) is 0 Å². The average Bonchev–Trinajstić information content (AvgIpc) is 2.15. The molecule has 2 nitrogen and oxygen atoms in total. The van der Waals surface area contributed by atoms with E-state index in [1.807, 2.05) is 0 Å². The van der Waals surface area contributed by atoms with E-state index in [4.69, 9.17) is 10.00 Å². The number of hydrogen-bond donors (Lipinski definition) is 0. The van der Waals surface area contributed by atoms with Crippen LogP contribution < -0.4 is 4.74 Å². The molecule has 0 bridgehead atoms. The van der Waals surface area contributed by atoms with Crippen LogP contribution >= 0.6 is 15.9 Å². The van der Waals surface area contributed by atoms with E-state index in [2.05, 4.69) is 22.0 Å². The van der Waals surface area contributed by atoms with E-state index in [1.54, 1.807) is 19.9 Å². The Morgan fingerprint density at radius 2 is 2.07 bits per heavy atom. The lowest BCUT2D eigenvalue weighted by molar-refractivity contribution is 0.394. The van der Waals surface area contributed by atoms with Crippen molar-refractivity contribution >= 4 is 15.9 Å². The highest BCUT2D eigenvalue weighted by atomic mass is 79.9. The van der Waals surface area contributed by atoms with Gasteiger partial charge in [0.05, 0.1) is 18.6 Å². The molecule has 0 heterocycles. The van der Waals surface area contributed by atoms with Gasteiger partial charge in [-0.2, -0.15) is 5.26 Å². The first-order valence-corrected chi connectivity index (χ1v) is 5.16. The number of rotatable bonds is 2. The van der Waals surface area contributed by atoms with E-state index in [0.29, 0.717) is 10.2 Å². The molecule has 0 radical (unpaired) electrons. The first-order chi connectivity index (χ1) is 6.92. The third kappa shape index (κ3) is 2.29. The standard InChI is InChI=1S/C11H11BrFNO/c1-11(2,6-14)10-8(13)4-7(12)5-9(10)15-3/h4-5H,1-3H3. The van der Waals surface area contributed by atoms with Gasteiger partial charge in [0.2, 0.25) is 0 Å². The van der Waals surface area contributed by atoms with E-state index in [0.717, 1.165) is 0 Å². The number of methoxy groups -OCH3 is 1. The van der Waals surface area contributed by atoms with Crippen molar-refractivity contribution in [3.63, 3.8) is 0 Å². The van der Waals surface area contributed by atoms with Crippen molar-refractivity contribution < 1.29 is 9.13 Å². The van der Waals surface area contributed by atoms with Gasteiger partial charge in [-0.05, 0) is 26.0 Å². The fourth-order valence-electron chi connectivity index (χ4n) is 1.37. The predicted octanol–water partition coefficient (Wildman–Crippen LogP) is 3.40. The molecule has 0 aliphatic rings. The van der Waals surface area contributed by atoms with Gasteiger partial charge in [-0.15, -0.1) is 0 Å². The first kappa shape index (κ1) is 12.0. The first-order valence-electron chi connectivity index (χ1n) is 4.37. The largest absolute Gasteiger partial charge is 0.496 e. The molecule has 0 unspecified atom stereocenters. The molecule has 1 rings (SSSR count). The van der Waals surface area contributed by atoms with Crippen LogP contribution in [-0.2, 0) is 5.41 Å². The fraction of sp³-hybridized carbons (Fsp3) is 0.364. The second kappa shape index (κ2) is 4.19. The zero-order chi connectivity index (χ0) is 11.6. The molecule has 4 heteroatoms. The predicted molar refractivity (Wildman–Crippen MR) is 59.3 cm³/mol. The van der Waals surface area contributed by atoms with Gasteiger partial charge in [0, 0.05) is 10.0 Å². The molecular weight excluding hydrogens is 261 g/mol. The summed E-state index contributed by atoms with van der Waals surface area (Å²) in [6.07, 6.45) is 0. The molecule has 15 heavy (non-hydrogen) atoms. The number of halogens is 2. The van der Waals surface area contributed by atoms with Gasteiger partial charge in [-0.3, -0.25) is 0 Å². The number of ether oxygens (including phenoxy) is 1. The zero-order valence-electron chi connectivity index (χ0n) is 8.77. The maximum Gasteiger partial charge on any atom is 0.132 e. The fourth-order valence-corrected chi connectivity index (χ4v) is 1.78. The van der Waals surface area contributed by atoms with Crippen molar-refractivity contribution in [3.05, 3.63) is 28.0 Å². The summed E-state index contributed by atoms with van der Waals surface area (Å²) >= 11 is 3.17. The van der Waals surface area contributed by atoms with Gasteiger partial charge in [-0.25, -0.2) is 4.39 Å². The molecule has 0 atom stereocenters. The second-order valence-electron chi connectivity index (χ2n) is 3.70. The maximum atomic E-state index is 13.7. The zero-order valence-corrected chi connectivity index (χ0v) is 10.4. The maximum absolute atomic E-state index is 13.7. The summed E-state index contributed by atoms with van der Waals surface area (Å²) < 4.78 is 19.4. The molecule has 0 saturated heterocycles. The number of hydrogen-bond acceptors (Lipinski definition) is 2. The van der Waals surface area contributed by atoms with Crippen LogP contribution in [0.25, 0.3) is 0 Å². The molecule has 0 aliphatic heterocycles. The van der Waals surface area contributed by atoms with Crippen molar-refractivity contribution in [1.82, 2.24) is 0 Å². The molecule has 0 aromatic heterocycles. The molecule has 0 fully saturated rings. The van der Waals surface area contributed by atoms with E-state index < -0.39 is 11.2 Å². The second-order valence-corrected chi connectivity index (χ2v) is 4.62. The molecular formula is C11H11BrFNO. The summed E-state index contributed by atoms with van der Waals surface area (Å²) in [5.41, 5.74) is -0.619. The van der Waals surface area contributed by atoms with E-state index >= 15 is 0 Å². The van der Waals surface area contributed by atoms with Crippen LogP contribution in [0.5, 0.6) is 5.75 Å². The van der Waals surface area contributed by atoms with E-state index in [1.165, 1.54) is 13.2 Å². The van der Waals surface area contributed by atoms with Crippen LogP contribution in [-0.4, -0.2) is 7.11 Å². The minimum absolute atomic E-state index is 0.288. The Morgan fingerprint density at radius 1 is 1.47 bits per heavy atom. The molecule has 0 saturated carbocycles. The number of benzene rings is 1. The molecule has 80 valence electrons. The van der Waals surface area contributed by atoms with Gasteiger partial charge in [0.1, 0.15) is 11.6 Å². The van der Waals surface area contributed by atoms with E-state index in [9.17, 15) is 4.39 Å². The summed E-state index contributed by atoms with van der Waals surface area (Å²) in [5, 5.41) is 8.98. The van der Waals surface area contributed by atoms with E-state index in [-0.39, 0.29) is 5.56 Å². The van der Waals surface area contributed by atoms with Crippen LogP contribution in [0.2, 0.25) is 0 Å². The monoisotopic (exact) mass is 271 g/mol. The summed E-state index contributed by atoms with van der Waals surface area (Å²) in [5.74, 6) is -0.0544. The van der Waals surface area contributed by atoms with Crippen LogP contribution in [0, 0.1) is 17.1 Å². The summed E-state index contributed by atoms with van der Waals surface area (Å²) in [6.45, 7) is 3.31. The Kier molecular flexibility index (Phi) is 3.35. The van der Waals surface area contributed by atoms with Gasteiger partial charge in [-0.1, -0.05) is 15.9 Å². The van der Waals surface area contributed by atoms with Gasteiger partial charge < -0.3 is 4.74 Å². The van der Waals surface area contributed by atoms with Crippen LogP contribution in [0.1, 0.15) is 19.4 Å². The topological polar surface area (TPSA) is 33.0 Å². The quantitative estimate of drug-likeness (QED) is 0.826. The third-order valence-electron chi connectivity index (χ3n) is 2.14. The molecule has 0 aliphatic carbocycles. The van der Waals surface area contributed by atoms with Crippen LogP contribution in [0.3, 0.4) is 0 Å². The molecule has 0 N–H and O–H groups in total. The number of nitrogens with zero attached hydrogens (tertiary/aromatic N) is 1. The minimum atomic E-state index is -0.907. The molecule has 0 amide bonds. The molecule has 0 spiro atoms. The summed E-state index contributed by atoms with van der Waals surface area (Å²) in [7, 11) is 1.46. The van der Waals surface area contributed by atoms with Crippen molar-refractivity contribution in [2.24, 2.45) is 0 Å². The summed E-state index contributed by atoms with van der Waals surface area (Å²) in [6, 6.07) is 5.04. The molecule has 1 aromatic rings. The lowest BCUT2D eigenvalue weighted by Crippen LogP contribution is -2.17. The number of nitriles is 1. The molecule has 1 aromatic carbocycles. The highest BCUT2D eigenvalue weighted by Gasteiger charge is 2.28. The van der Waals surface area contributed by atoms with Gasteiger partial charge in [0.25, 0.3) is 0 Å². The SMILES string of the molecule is COc1cc(Br)cc(F)c1C(C)(C)C#N.